The molecule has 1 aliphatic carbocycles. The van der Waals surface area contributed by atoms with E-state index in [1.54, 1.807) is 13.2 Å². The molecule has 0 aliphatic heterocycles. The lowest BCUT2D eigenvalue weighted by molar-refractivity contribution is 0.0963. The Morgan fingerprint density at radius 3 is 2.88 bits per heavy atom. The fourth-order valence-electron chi connectivity index (χ4n) is 3.02. The maximum Gasteiger partial charge on any atom is 0.276 e. The van der Waals surface area contributed by atoms with Gasteiger partial charge in [-0.25, -0.2) is 4.98 Å². The second-order valence-electron chi connectivity index (χ2n) is 5.67. The molecule has 0 spiro atoms. The Labute approximate surface area is 146 Å². The number of hydrogen-bond donors (Lipinski definition) is 2. The summed E-state index contributed by atoms with van der Waals surface area (Å²) in [6.07, 6.45) is 7.65. The standard InChI is InChI=1S/C16H16N4O2S2/c1-17-14(22)12-9-4-2-3-5-11(9)24-15(12)19-13(21)10-8-20-6-7-23-16(20)18-10/h6-8H,2-5H2,1H3,(H,17,22)(H,19,21). The molecule has 0 atom stereocenters. The summed E-state index contributed by atoms with van der Waals surface area (Å²) in [7, 11) is 1.62. The third-order valence-electron chi connectivity index (χ3n) is 4.18. The highest BCUT2D eigenvalue weighted by Crippen LogP contribution is 2.38. The molecule has 0 unspecified atom stereocenters. The minimum atomic E-state index is -0.283. The van der Waals surface area contributed by atoms with Crippen LogP contribution >= 0.6 is 22.7 Å². The average molecular weight is 360 g/mol. The lowest BCUT2D eigenvalue weighted by Crippen LogP contribution is -2.22. The first-order chi connectivity index (χ1) is 11.7. The van der Waals surface area contributed by atoms with Gasteiger partial charge in [-0.2, -0.15) is 0 Å². The van der Waals surface area contributed by atoms with Gasteiger partial charge in [0, 0.05) is 29.7 Å². The van der Waals surface area contributed by atoms with Crippen LogP contribution in [0.2, 0.25) is 0 Å². The number of hydrogen-bond acceptors (Lipinski definition) is 5. The van der Waals surface area contributed by atoms with Gasteiger partial charge in [0.25, 0.3) is 11.8 Å². The minimum absolute atomic E-state index is 0.143. The summed E-state index contributed by atoms with van der Waals surface area (Å²) >= 11 is 2.99. The molecule has 24 heavy (non-hydrogen) atoms. The van der Waals surface area contributed by atoms with Gasteiger partial charge in [-0.05, 0) is 31.2 Å². The Morgan fingerprint density at radius 2 is 2.08 bits per heavy atom. The second-order valence-corrected chi connectivity index (χ2v) is 7.65. The van der Waals surface area contributed by atoms with Crippen molar-refractivity contribution in [3.05, 3.63) is 39.5 Å². The van der Waals surface area contributed by atoms with E-state index in [2.05, 4.69) is 15.6 Å². The molecule has 0 saturated heterocycles. The molecule has 8 heteroatoms. The molecule has 4 rings (SSSR count). The second kappa shape index (κ2) is 6.03. The van der Waals surface area contributed by atoms with E-state index < -0.39 is 0 Å². The Kier molecular flexibility index (Phi) is 3.85. The zero-order valence-corrected chi connectivity index (χ0v) is 14.7. The summed E-state index contributed by atoms with van der Waals surface area (Å²) in [5.41, 5.74) is 2.06. The van der Waals surface area contributed by atoms with E-state index in [-0.39, 0.29) is 11.8 Å². The highest BCUT2D eigenvalue weighted by atomic mass is 32.1. The minimum Gasteiger partial charge on any atom is -0.355 e. The van der Waals surface area contributed by atoms with Crippen LogP contribution in [-0.4, -0.2) is 28.2 Å². The topological polar surface area (TPSA) is 75.5 Å². The van der Waals surface area contributed by atoms with Crippen LogP contribution in [0.4, 0.5) is 5.00 Å². The van der Waals surface area contributed by atoms with Crippen LogP contribution < -0.4 is 10.6 Å². The normalized spacial score (nSPS) is 13.7. The Balaban J connectivity index is 1.68. The molecule has 0 bridgehead atoms. The van der Waals surface area contributed by atoms with Gasteiger partial charge in [0.1, 0.15) is 10.7 Å². The molecule has 0 aromatic carbocycles. The smallest absolute Gasteiger partial charge is 0.276 e. The highest BCUT2D eigenvalue weighted by Gasteiger charge is 2.26. The number of carbonyl (C=O) groups is 2. The van der Waals surface area contributed by atoms with Gasteiger partial charge in [0.05, 0.1) is 5.56 Å². The number of thiophene rings is 1. The number of thiazole rings is 1. The van der Waals surface area contributed by atoms with Crippen LogP contribution in [0, 0.1) is 0 Å². The van der Waals surface area contributed by atoms with E-state index in [1.807, 2.05) is 16.0 Å². The van der Waals surface area contributed by atoms with E-state index in [4.69, 9.17) is 0 Å². The fraction of sp³-hybridized carbons (Fsp3) is 0.312. The number of nitrogens with one attached hydrogen (secondary N) is 2. The summed E-state index contributed by atoms with van der Waals surface area (Å²) in [6.45, 7) is 0. The molecule has 0 radical (unpaired) electrons. The molecule has 0 fully saturated rings. The van der Waals surface area contributed by atoms with E-state index >= 15 is 0 Å². The monoisotopic (exact) mass is 360 g/mol. The summed E-state index contributed by atoms with van der Waals surface area (Å²) in [4.78, 5) is 31.2. The fourth-order valence-corrected chi connectivity index (χ4v) is 5.01. The SMILES string of the molecule is CNC(=O)c1c(NC(=O)c2cn3ccsc3n2)sc2c1CCCC2. The third kappa shape index (κ3) is 2.51. The number of carbonyl (C=O) groups excluding carboxylic acids is 2. The Bertz CT molecular complexity index is 909. The van der Waals surface area contributed by atoms with Crippen LogP contribution in [0.25, 0.3) is 4.96 Å². The lowest BCUT2D eigenvalue weighted by atomic mass is 9.95. The van der Waals surface area contributed by atoms with E-state index in [0.717, 1.165) is 36.2 Å². The number of imidazole rings is 1. The predicted molar refractivity (Wildman–Crippen MR) is 95.4 cm³/mol. The molecule has 3 aromatic heterocycles. The molecule has 3 aromatic rings. The van der Waals surface area contributed by atoms with E-state index in [0.29, 0.717) is 16.3 Å². The van der Waals surface area contributed by atoms with Crippen molar-refractivity contribution in [1.82, 2.24) is 14.7 Å². The van der Waals surface area contributed by atoms with Crippen LogP contribution in [0.1, 0.15) is 44.1 Å². The van der Waals surface area contributed by atoms with Gasteiger partial charge < -0.3 is 10.6 Å². The maximum absolute atomic E-state index is 12.6. The van der Waals surface area contributed by atoms with Gasteiger partial charge in [-0.3, -0.25) is 14.0 Å². The zero-order chi connectivity index (χ0) is 16.7. The van der Waals surface area contributed by atoms with Crippen molar-refractivity contribution >= 4 is 44.4 Å². The van der Waals surface area contributed by atoms with Crippen molar-refractivity contribution < 1.29 is 9.59 Å². The first-order valence-electron chi connectivity index (χ1n) is 7.77. The number of anilines is 1. The van der Waals surface area contributed by atoms with Crippen LogP contribution in [-0.2, 0) is 12.8 Å². The molecular weight excluding hydrogens is 344 g/mol. The van der Waals surface area contributed by atoms with Gasteiger partial charge in [0.2, 0.25) is 0 Å². The molecule has 1 aliphatic rings. The third-order valence-corrected chi connectivity index (χ3v) is 6.16. The summed E-state index contributed by atoms with van der Waals surface area (Å²) in [6, 6.07) is 0. The molecule has 3 heterocycles. The van der Waals surface area contributed by atoms with Crippen molar-refractivity contribution in [1.29, 1.82) is 0 Å². The van der Waals surface area contributed by atoms with Crippen LogP contribution in [0.15, 0.2) is 17.8 Å². The maximum atomic E-state index is 12.6. The number of aryl methyl sites for hydroxylation is 1. The first kappa shape index (κ1) is 15.3. The zero-order valence-electron chi connectivity index (χ0n) is 13.1. The molecule has 6 nitrogen and oxygen atoms in total. The highest BCUT2D eigenvalue weighted by molar-refractivity contribution is 7.17. The van der Waals surface area contributed by atoms with Crippen molar-refractivity contribution in [3.63, 3.8) is 0 Å². The van der Waals surface area contributed by atoms with Crippen LogP contribution in [0.5, 0.6) is 0 Å². The molecular formula is C16H16N4O2S2. The van der Waals surface area contributed by atoms with Gasteiger partial charge >= 0.3 is 0 Å². The average Bonchev–Trinajstić information content (AvgIpc) is 3.26. The predicted octanol–water partition coefficient (Wildman–Crippen LogP) is 2.95. The number of nitrogens with zero attached hydrogens (tertiary/aromatic N) is 2. The molecule has 2 N–H and O–H groups in total. The Hall–Kier alpha value is -2.19. The summed E-state index contributed by atoms with van der Waals surface area (Å²) in [5.74, 6) is -0.426. The van der Waals surface area contributed by atoms with Crippen molar-refractivity contribution in [2.45, 2.75) is 25.7 Å². The van der Waals surface area contributed by atoms with Gasteiger partial charge in [-0.15, -0.1) is 22.7 Å². The molecule has 124 valence electrons. The van der Waals surface area contributed by atoms with Crippen LogP contribution in [0.3, 0.4) is 0 Å². The summed E-state index contributed by atoms with van der Waals surface area (Å²) < 4.78 is 1.82. The van der Waals surface area contributed by atoms with E-state index in [9.17, 15) is 9.59 Å². The lowest BCUT2D eigenvalue weighted by Gasteiger charge is -2.12. The Morgan fingerprint density at radius 1 is 1.25 bits per heavy atom. The van der Waals surface area contributed by atoms with Crippen molar-refractivity contribution in [2.24, 2.45) is 0 Å². The first-order valence-corrected chi connectivity index (χ1v) is 9.47. The number of fused-ring (bicyclic) bond motifs is 2. The van der Waals surface area contributed by atoms with Crippen molar-refractivity contribution in [2.75, 3.05) is 12.4 Å². The number of aromatic nitrogens is 2. The van der Waals surface area contributed by atoms with Crippen molar-refractivity contribution in [3.8, 4) is 0 Å². The number of amides is 2. The quantitative estimate of drug-likeness (QED) is 0.754. The number of rotatable bonds is 3. The molecule has 0 saturated carbocycles. The van der Waals surface area contributed by atoms with E-state index in [1.165, 1.54) is 27.6 Å². The summed E-state index contributed by atoms with van der Waals surface area (Å²) in [5, 5.41) is 8.13. The van der Waals surface area contributed by atoms with Gasteiger partial charge in [-0.1, -0.05) is 0 Å². The largest absolute Gasteiger partial charge is 0.355 e. The van der Waals surface area contributed by atoms with Gasteiger partial charge in [0.15, 0.2) is 4.96 Å². The molecule has 2 amide bonds.